The zero-order valence-electron chi connectivity index (χ0n) is 12.0. The van der Waals surface area contributed by atoms with Gasteiger partial charge in [0, 0.05) is 11.6 Å². The molecule has 0 aliphatic heterocycles. The first-order chi connectivity index (χ1) is 10.9. The minimum atomic E-state index is -4.38. The zero-order valence-corrected chi connectivity index (χ0v) is 12.0. The summed E-state index contributed by atoms with van der Waals surface area (Å²) in [5.74, 6) is -0.520. The zero-order chi connectivity index (χ0) is 16.6. The molecule has 3 aromatic rings. The van der Waals surface area contributed by atoms with E-state index < -0.39 is 17.7 Å². The fourth-order valence-corrected chi connectivity index (χ4v) is 2.26. The third-order valence-corrected chi connectivity index (χ3v) is 3.40. The molecule has 118 valence electrons. The lowest BCUT2D eigenvalue weighted by Gasteiger charge is -2.07. The molecule has 7 heteroatoms. The van der Waals surface area contributed by atoms with Crippen molar-refractivity contribution in [1.82, 2.24) is 9.78 Å². The van der Waals surface area contributed by atoms with Gasteiger partial charge in [-0.15, -0.1) is 0 Å². The van der Waals surface area contributed by atoms with Crippen LogP contribution in [-0.4, -0.2) is 22.9 Å². The molecule has 3 rings (SSSR count). The molecule has 0 amide bonds. The van der Waals surface area contributed by atoms with Gasteiger partial charge in [0.25, 0.3) is 0 Å². The van der Waals surface area contributed by atoms with Crippen molar-refractivity contribution in [3.63, 3.8) is 0 Å². The number of ether oxygens (including phenoxy) is 1. The van der Waals surface area contributed by atoms with Crippen LogP contribution in [0.3, 0.4) is 0 Å². The van der Waals surface area contributed by atoms with Gasteiger partial charge < -0.3 is 4.74 Å². The van der Waals surface area contributed by atoms with Crippen molar-refractivity contribution in [2.24, 2.45) is 0 Å². The average Bonchev–Trinajstić information content (AvgIpc) is 2.97. The summed E-state index contributed by atoms with van der Waals surface area (Å²) < 4.78 is 43.9. The van der Waals surface area contributed by atoms with Crippen LogP contribution >= 0.6 is 0 Å². The lowest BCUT2D eigenvalue weighted by molar-refractivity contribution is -0.137. The first-order valence-electron chi connectivity index (χ1n) is 6.64. The lowest BCUT2D eigenvalue weighted by atomic mass is 10.1. The molecule has 0 saturated carbocycles. The number of aromatic nitrogens is 2. The van der Waals surface area contributed by atoms with Gasteiger partial charge in [-0.3, -0.25) is 0 Å². The van der Waals surface area contributed by atoms with Gasteiger partial charge in [-0.05, 0) is 30.3 Å². The third-order valence-electron chi connectivity index (χ3n) is 3.40. The number of rotatable bonds is 2. The average molecular weight is 320 g/mol. The molecule has 0 atom stereocenters. The number of alkyl halides is 3. The number of hydrogen-bond acceptors (Lipinski definition) is 3. The largest absolute Gasteiger partial charge is 0.465 e. The Labute approximate surface area is 129 Å². The Bertz CT molecular complexity index is 867. The van der Waals surface area contributed by atoms with Crippen molar-refractivity contribution in [1.29, 1.82) is 0 Å². The Balaban J connectivity index is 2.06. The monoisotopic (exact) mass is 320 g/mol. The van der Waals surface area contributed by atoms with E-state index in [1.807, 2.05) is 0 Å². The molecule has 0 aliphatic rings. The van der Waals surface area contributed by atoms with E-state index in [1.54, 1.807) is 24.4 Å². The summed E-state index contributed by atoms with van der Waals surface area (Å²) in [6, 6.07) is 9.66. The number of carbonyl (C=O) groups excluding carboxylic acids is 1. The van der Waals surface area contributed by atoms with Crippen LogP contribution in [0.2, 0.25) is 0 Å². The summed E-state index contributed by atoms with van der Waals surface area (Å²) in [7, 11) is 1.27. The number of nitrogens with zero attached hydrogens (tertiary/aromatic N) is 2. The topological polar surface area (TPSA) is 44.1 Å². The van der Waals surface area contributed by atoms with E-state index in [-0.39, 0.29) is 0 Å². The summed E-state index contributed by atoms with van der Waals surface area (Å²) in [5, 5.41) is 4.97. The normalized spacial score (nSPS) is 11.7. The van der Waals surface area contributed by atoms with E-state index in [0.717, 1.165) is 12.1 Å². The summed E-state index contributed by atoms with van der Waals surface area (Å²) in [6.07, 6.45) is -2.74. The molecule has 2 aromatic carbocycles. The van der Waals surface area contributed by atoms with Gasteiger partial charge in [0.1, 0.15) is 5.52 Å². The van der Waals surface area contributed by atoms with E-state index in [2.05, 4.69) is 5.10 Å². The Morgan fingerprint density at radius 3 is 2.43 bits per heavy atom. The SMILES string of the molecule is COC(=O)c1cccc2cn(-c3ccc(C(F)(F)F)cc3)nc12. The van der Waals surface area contributed by atoms with Crippen molar-refractivity contribution < 1.29 is 22.7 Å². The van der Waals surface area contributed by atoms with Gasteiger partial charge in [0.2, 0.25) is 0 Å². The van der Waals surface area contributed by atoms with Crippen LogP contribution in [0, 0.1) is 0 Å². The maximum Gasteiger partial charge on any atom is 0.416 e. The van der Waals surface area contributed by atoms with Gasteiger partial charge in [-0.25, -0.2) is 9.48 Å². The van der Waals surface area contributed by atoms with Gasteiger partial charge in [0.05, 0.1) is 23.9 Å². The Morgan fingerprint density at radius 1 is 1.13 bits per heavy atom. The summed E-state index contributed by atoms with van der Waals surface area (Å²) >= 11 is 0. The van der Waals surface area contributed by atoms with E-state index in [9.17, 15) is 18.0 Å². The number of methoxy groups -OCH3 is 1. The molecule has 23 heavy (non-hydrogen) atoms. The first-order valence-corrected chi connectivity index (χ1v) is 6.64. The highest BCUT2D eigenvalue weighted by atomic mass is 19.4. The minimum Gasteiger partial charge on any atom is -0.465 e. The molecular formula is C16H11F3N2O2. The predicted molar refractivity (Wildman–Crippen MR) is 77.4 cm³/mol. The number of benzene rings is 2. The standard InChI is InChI=1S/C16H11F3N2O2/c1-23-15(22)13-4-2-3-10-9-21(20-14(10)13)12-7-5-11(6-8-12)16(17,18)19/h2-9H,1H3. The highest BCUT2D eigenvalue weighted by Gasteiger charge is 2.30. The van der Waals surface area contributed by atoms with E-state index in [4.69, 9.17) is 4.74 Å². The highest BCUT2D eigenvalue weighted by Crippen LogP contribution is 2.29. The summed E-state index contributed by atoms with van der Waals surface area (Å²) in [5.41, 5.74) is 0.466. The molecule has 0 radical (unpaired) electrons. The number of carbonyl (C=O) groups is 1. The summed E-state index contributed by atoms with van der Waals surface area (Å²) in [4.78, 5) is 11.7. The van der Waals surface area contributed by atoms with Gasteiger partial charge >= 0.3 is 12.1 Å². The maximum absolute atomic E-state index is 12.6. The minimum absolute atomic E-state index is 0.302. The van der Waals surface area contributed by atoms with Gasteiger partial charge in [-0.1, -0.05) is 12.1 Å². The highest BCUT2D eigenvalue weighted by molar-refractivity contribution is 6.02. The second-order valence-electron chi connectivity index (χ2n) is 4.85. The van der Waals surface area contributed by atoms with Crippen molar-refractivity contribution in [2.75, 3.05) is 7.11 Å². The molecule has 1 aromatic heterocycles. The quantitative estimate of drug-likeness (QED) is 0.674. The Morgan fingerprint density at radius 2 is 1.83 bits per heavy atom. The second kappa shape index (κ2) is 5.42. The molecular weight excluding hydrogens is 309 g/mol. The van der Waals surface area contributed by atoms with Gasteiger partial charge in [0.15, 0.2) is 0 Å². The second-order valence-corrected chi connectivity index (χ2v) is 4.85. The van der Waals surface area contributed by atoms with E-state index in [0.29, 0.717) is 22.2 Å². The van der Waals surface area contributed by atoms with Crippen molar-refractivity contribution in [3.8, 4) is 5.69 Å². The number of esters is 1. The Hall–Kier alpha value is -2.83. The lowest BCUT2D eigenvalue weighted by Crippen LogP contribution is -2.05. The predicted octanol–water partition coefficient (Wildman–Crippen LogP) is 3.83. The molecule has 4 nitrogen and oxygen atoms in total. The molecule has 0 saturated heterocycles. The smallest absolute Gasteiger partial charge is 0.416 e. The molecule has 1 heterocycles. The van der Waals surface area contributed by atoms with Crippen LogP contribution in [0.5, 0.6) is 0 Å². The Kier molecular flexibility index (Phi) is 3.55. The van der Waals surface area contributed by atoms with Crippen LogP contribution in [0.15, 0.2) is 48.7 Å². The molecule has 0 spiro atoms. The fourth-order valence-electron chi connectivity index (χ4n) is 2.26. The van der Waals surface area contributed by atoms with Crippen LogP contribution < -0.4 is 0 Å². The van der Waals surface area contributed by atoms with Crippen LogP contribution in [0.4, 0.5) is 13.2 Å². The number of halogens is 3. The van der Waals surface area contributed by atoms with Crippen LogP contribution in [-0.2, 0) is 10.9 Å². The van der Waals surface area contributed by atoms with E-state index >= 15 is 0 Å². The molecule has 0 aliphatic carbocycles. The van der Waals surface area contributed by atoms with Gasteiger partial charge in [-0.2, -0.15) is 18.3 Å². The third kappa shape index (κ3) is 2.77. The van der Waals surface area contributed by atoms with Crippen molar-refractivity contribution >= 4 is 16.9 Å². The molecule has 0 bridgehead atoms. The summed E-state index contributed by atoms with van der Waals surface area (Å²) in [6.45, 7) is 0. The van der Waals surface area contributed by atoms with Crippen molar-refractivity contribution in [2.45, 2.75) is 6.18 Å². The molecule has 0 N–H and O–H groups in total. The first kappa shape index (κ1) is 15.1. The maximum atomic E-state index is 12.6. The fraction of sp³-hybridized carbons (Fsp3) is 0.125. The molecule has 0 fully saturated rings. The van der Waals surface area contributed by atoms with Crippen LogP contribution in [0.25, 0.3) is 16.6 Å². The number of fused-ring (bicyclic) bond motifs is 1. The van der Waals surface area contributed by atoms with E-state index in [1.165, 1.54) is 23.9 Å². The number of hydrogen-bond donors (Lipinski definition) is 0. The molecule has 0 unspecified atom stereocenters. The van der Waals surface area contributed by atoms with Crippen molar-refractivity contribution in [3.05, 3.63) is 59.8 Å². The van der Waals surface area contributed by atoms with Crippen LogP contribution in [0.1, 0.15) is 15.9 Å².